The monoisotopic (exact) mass is 332 g/mol. The first-order valence-corrected chi connectivity index (χ1v) is 7.75. The molecular formula is C16H28O7. The number of ether oxygens (including phenoxy) is 2. The summed E-state index contributed by atoms with van der Waals surface area (Å²) >= 11 is 0. The Hall–Kier alpha value is -0.800. The van der Waals surface area contributed by atoms with Crippen molar-refractivity contribution in [1.82, 2.24) is 0 Å². The van der Waals surface area contributed by atoms with Crippen molar-refractivity contribution >= 4 is 0 Å². The molecule has 0 bridgehead atoms. The van der Waals surface area contributed by atoms with Crippen molar-refractivity contribution in [1.29, 1.82) is 0 Å². The van der Waals surface area contributed by atoms with Crippen LogP contribution in [0, 0.1) is 0 Å². The molecule has 0 saturated carbocycles. The maximum atomic E-state index is 9.83. The van der Waals surface area contributed by atoms with Gasteiger partial charge in [-0.15, -0.1) is 0 Å². The Bertz CT molecular complexity index is 401. The SMILES string of the molecule is CC(C)=CCC/C(=C\CO[C@@H]1O[C@H](CO)[C@@H](O)[C@H](O)[C@H]1O)CO. The lowest BCUT2D eigenvalue weighted by Crippen LogP contribution is -2.59. The second-order valence-electron chi connectivity index (χ2n) is 5.87. The Morgan fingerprint density at radius 2 is 1.74 bits per heavy atom. The molecule has 0 amide bonds. The van der Waals surface area contributed by atoms with E-state index in [2.05, 4.69) is 6.08 Å². The van der Waals surface area contributed by atoms with Crippen LogP contribution in [0.4, 0.5) is 0 Å². The van der Waals surface area contributed by atoms with Crippen LogP contribution >= 0.6 is 0 Å². The van der Waals surface area contributed by atoms with Gasteiger partial charge in [0.15, 0.2) is 6.29 Å². The van der Waals surface area contributed by atoms with E-state index in [1.807, 2.05) is 13.8 Å². The molecule has 7 nitrogen and oxygen atoms in total. The molecule has 1 aliphatic rings. The zero-order chi connectivity index (χ0) is 17.4. The summed E-state index contributed by atoms with van der Waals surface area (Å²) in [6.07, 6.45) is -1.13. The fraction of sp³-hybridized carbons (Fsp3) is 0.750. The summed E-state index contributed by atoms with van der Waals surface area (Å²) in [6, 6.07) is 0. The largest absolute Gasteiger partial charge is 0.394 e. The minimum absolute atomic E-state index is 0.0768. The van der Waals surface area contributed by atoms with Crippen LogP contribution in [0.2, 0.25) is 0 Å². The van der Waals surface area contributed by atoms with Gasteiger partial charge in [-0.25, -0.2) is 0 Å². The standard InChI is InChI=1S/C16H28O7/c1-10(2)4-3-5-11(8-17)6-7-22-16-15(21)14(20)13(19)12(9-18)23-16/h4,6,12-21H,3,5,7-9H2,1-2H3/b11-6+/t12-,13-,14+,15-,16-/m1/s1. The van der Waals surface area contributed by atoms with E-state index in [9.17, 15) is 20.4 Å². The maximum Gasteiger partial charge on any atom is 0.187 e. The minimum Gasteiger partial charge on any atom is -0.394 e. The van der Waals surface area contributed by atoms with Crippen LogP contribution in [0.15, 0.2) is 23.3 Å². The van der Waals surface area contributed by atoms with Crippen molar-refractivity contribution in [3.63, 3.8) is 0 Å². The molecule has 0 spiro atoms. The van der Waals surface area contributed by atoms with E-state index >= 15 is 0 Å². The van der Waals surface area contributed by atoms with Crippen molar-refractivity contribution in [3.8, 4) is 0 Å². The quantitative estimate of drug-likeness (QED) is 0.379. The van der Waals surface area contributed by atoms with Crippen LogP contribution in [0.1, 0.15) is 26.7 Å². The van der Waals surface area contributed by atoms with Crippen molar-refractivity contribution < 1.29 is 35.0 Å². The first-order chi connectivity index (χ1) is 10.9. The fourth-order valence-electron chi connectivity index (χ4n) is 2.26. The molecule has 0 radical (unpaired) electrons. The Kier molecular flexibility index (Phi) is 8.93. The average molecular weight is 332 g/mol. The summed E-state index contributed by atoms with van der Waals surface area (Å²) in [5.74, 6) is 0. The second kappa shape index (κ2) is 10.1. The van der Waals surface area contributed by atoms with Crippen molar-refractivity contribution in [2.24, 2.45) is 0 Å². The molecule has 1 fully saturated rings. The highest BCUT2D eigenvalue weighted by molar-refractivity contribution is 5.05. The van der Waals surface area contributed by atoms with E-state index in [0.29, 0.717) is 6.42 Å². The zero-order valence-corrected chi connectivity index (χ0v) is 13.6. The highest BCUT2D eigenvalue weighted by atomic mass is 16.7. The van der Waals surface area contributed by atoms with E-state index in [1.54, 1.807) is 6.08 Å². The van der Waals surface area contributed by atoms with Crippen LogP contribution < -0.4 is 0 Å². The normalized spacial score (nSPS) is 32.0. The number of aliphatic hydroxyl groups excluding tert-OH is 5. The topological polar surface area (TPSA) is 120 Å². The van der Waals surface area contributed by atoms with Gasteiger partial charge in [0.1, 0.15) is 24.4 Å². The molecule has 7 heteroatoms. The molecule has 1 rings (SSSR count). The van der Waals surface area contributed by atoms with Gasteiger partial charge in [0.05, 0.1) is 19.8 Å². The molecule has 0 aliphatic carbocycles. The molecule has 5 N–H and O–H groups in total. The Balaban J connectivity index is 2.51. The third-order valence-corrected chi connectivity index (χ3v) is 3.70. The number of hydrogen-bond acceptors (Lipinski definition) is 7. The maximum absolute atomic E-state index is 9.83. The predicted molar refractivity (Wildman–Crippen MR) is 83.6 cm³/mol. The van der Waals surface area contributed by atoms with Crippen LogP contribution in [0.25, 0.3) is 0 Å². The van der Waals surface area contributed by atoms with Crippen LogP contribution in [0.3, 0.4) is 0 Å². The fourth-order valence-corrected chi connectivity index (χ4v) is 2.26. The highest BCUT2D eigenvalue weighted by Crippen LogP contribution is 2.22. The molecule has 1 aliphatic heterocycles. The average Bonchev–Trinajstić information content (AvgIpc) is 2.52. The number of allylic oxidation sites excluding steroid dienone is 2. The van der Waals surface area contributed by atoms with Gasteiger partial charge in [0, 0.05) is 0 Å². The van der Waals surface area contributed by atoms with Crippen LogP contribution in [0.5, 0.6) is 0 Å². The summed E-state index contributed by atoms with van der Waals surface area (Å²) < 4.78 is 10.6. The molecule has 0 unspecified atom stereocenters. The second-order valence-corrected chi connectivity index (χ2v) is 5.87. The minimum atomic E-state index is -1.45. The molecule has 0 aromatic heterocycles. The van der Waals surface area contributed by atoms with E-state index in [1.165, 1.54) is 5.57 Å². The highest BCUT2D eigenvalue weighted by Gasteiger charge is 2.43. The van der Waals surface area contributed by atoms with E-state index in [4.69, 9.17) is 14.6 Å². The first-order valence-electron chi connectivity index (χ1n) is 7.75. The lowest BCUT2D eigenvalue weighted by atomic mass is 9.99. The van der Waals surface area contributed by atoms with Crippen LogP contribution in [-0.2, 0) is 9.47 Å². The number of rotatable bonds is 8. The molecule has 23 heavy (non-hydrogen) atoms. The molecule has 5 atom stereocenters. The van der Waals surface area contributed by atoms with Crippen molar-refractivity contribution in [2.75, 3.05) is 19.8 Å². The summed E-state index contributed by atoms with van der Waals surface area (Å²) in [6.45, 7) is 3.50. The number of hydrogen-bond donors (Lipinski definition) is 5. The van der Waals surface area contributed by atoms with Crippen LogP contribution in [-0.4, -0.2) is 76.1 Å². The third kappa shape index (κ3) is 6.31. The van der Waals surface area contributed by atoms with Crippen molar-refractivity contribution in [2.45, 2.75) is 57.4 Å². The van der Waals surface area contributed by atoms with Gasteiger partial charge in [-0.2, -0.15) is 0 Å². The molecule has 0 aromatic carbocycles. The lowest BCUT2D eigenvalue weighted by molar-refractivity contribution is -0.298. The first kappa shape index (κ1) is 20.2. The van der Waals surface area contributed by atoms with E-state index in [-0.39, 0.29) is 13.2 Å². The summed E-state index contributed by atoms with van der Waals surface area (Å²) in [5.41, 5.74) is 2.01. The Morgan fingerprint density at radius 1 is 1.04 bits per heavy atom. The number of aliphatic hydroxyl groups is 5. The van der Waals surface area contributed by atoms with E-state index in [0.717, 1.165) is 12.0 Å². The molecule has 0 aromatic rings. The molecule has 1 heterocycles. The Labute approximate surface area is 136 Å². The van der Waals surface area contributed by atoms with Crippen molar-refractivity contribution in [3.05, 3.63) is 23.3 Å². The van der Waals surface area contributed by atoms with Gasteiger partial charge < -0.3 is 35.0 Å². The zero-order valence-electron chi connectivity index (χ0n) is 13.6. The summed E-state index contributed by atoms with van der Waals surface area (Å²) in [5, 5.41) is 47.6. The smallest absolute Gasteiger partial charge is 0.187 e. The van der Waals surface area contributed by atoms with Gasteiger partial charge in [-0.3, -0.25) is 0 Å². The summed E-state index contributed by atoms with van der Waals surface area (Å²) in [7, 11) is 0. The van der Waals surface area contributed by atoms with Gasteiger partial charge in [0.25, 0.3) is 0 Å². The van der Waals surface area contributed by atoms with Gasteiger partial charge in [0.2, 0.25) is 0 Å². The predicted octanol–water partition coefficient (Wildman–Crippen LogP) is -0.532. The Morgan fingerprint density at radius 3 is 2.30 bits per heavy atom. The molecular weight excluding hydrogens is 304 g/mol. The summed E-state index contributed by atoms with van der Waals surface area (Å²) in [4.78, 5) is 0. The van der Waals surface area contributed by atoms with Gasteiger partial charge in [-0.05, 0) is 32.3 Å². The molecule has 1 saturated heterocycles. The third-order valence-electron chi connectivity index (χ3n) is 3.70. The molecule has 134 valence electrons. The lowest BCUT2D eigenvalue weighted by Gasteiger charge is -2.39. The van der Waals surface area contributed by atoms with E-state index < -0.39 is 37.3 Å². The van der Waals surface area contributed by atoms with Gasteiger partial charge in [-0.1, -0.05) is 17.7 Å². The van der Waals surface area contributed by atoms with Gasteiger partial charge >= 0.3 is 0 Å².